The minimum Gasteiger partial charge on any atom is -0.454 e. The number of ether oxygens (including phenoxy) is 1. The van der Waals surface area contributed by atoms with Crippen LogP contribution in [0.15, 0.2) is 36.4 Å². The first kappa shape index (κ1) is 13.4. The van der Waals surface area contributed by atoms with E-state index >= 15 is 0 Å². The van der Waals surface area contributed by atoms with E-state index in [-0.39, 0.29) is 11.5 Å². The number of nitrogens with one attached hydrogen (secondary N) is 1. The van der Waals surface area contributed by atoms with E-state index in [1.54, 1.807) is 13.1 Å². The summed E-state index contributed by atoms with van der Waals surface area (Å²) in [4.78, 5) is 0. The first-order valence-corrected chi connectivity index (χ1v) is 5.65. The van der Waals surface area contributed by atoms with Crippen LogP contribution < -0.4 is 10.1 Å². The Morgan fingerprint density at radius 2 is 1.68 bits per heavy atom. The van der Waals surface area contributed by atoms with Crippen LogP contribution in [0.4, 0.5) is 13.2 Å². The smallest absolute Gasteiger partial charge is 0.166 e. The van der Waals surface area contributed by atoms with Gasteiger partial charge in [0.15, 0.2) is 11.6 Å². The molecule has 5 heteroatoms. The SMILES string of the molecule is CNCc1ccc(Oc2cc(F)cc(F)c2)c(F)c1. The first-order valence-electron chi connectivity index (χ1n) is 5.65. The normalized spacial score (nSPS) is 10.5. The van der Waals surface area contributed by atoms with E-state index in [4.69, 9.17) is 4.74 Å². The monoisotopic (exact) mass is 267 g/mol. The minimum atomic E-state index is -0.776. The summed E-state index contributed by atoms with van der Waals surface area (Å²) in [6.07, 6.45) is 0. The second kappa shape index (κ2) is 5.75. The molecule has 0 saturated carbocycles. The van der Waals surface area contributed by atoms with E-state index in [0.717, 1.165) is 23.8 Å². The first-order chi connectivity index (χ1) is 9.08. The van der Waals surface area contributed by atoms with Crippen LogP contribution in [0.2, 0.25) is 0 Å². The zero-order valence-corrected chi connectivity index (χ0v) is 10.2. The summed E-state index contributed by atoms with van der Waals surface area (Å²) < 4.78 is 44.8. The van der Waals surface area contributed by atoms with Crippen LogP contribution in [0.1, 0.15) is 5.56 Å². The van der Waals surface area contributed by atoms with Gasteiger partial charge in [-0.1, -0.05) is 6.07 Å². The van der Waals surface area contributed by atoms with Gasteiger partial charge in [-0.25, -0.2) is 13.2 Å². The zero-order valence-electron chi connectivity index (χ0n) is 10.2. The van der Waals surface area contributed by atoms with E-state index in [9.17, 15) is 13.2 Å². The Morgan fingerprint density at radius 1 is 1.00 bits per heavy atom. The molecule has 2 aromatic carbocycles. The largest absolute Gasteiger partial charge is 0.454 e. The lowest BCUT2D eigenvalue weighted by Crippen LogP contribution is -2.05. The molecule has 0 fully saturated rings. The Balaban J connectivity index is 2.23. The van der Waals surface area contributed by atoms with Crippen LogP contribution >= 0.6 is 0 Å². The summed E-state index contributed by atoms with van der Waals surface area (Å²) in [5.74, 6) is -2.30. The number of rotatable bonds is 4. The molecule has 0 aliphatic heterocycles. The van der Waals surface area contributed by atoms with Gasteiger partial charge in [0.05, 0.1) is 0 Å². The molecule has 2 nitrogen and oxygen atoms in total. The fourth-order valence-corrected chi connectivity index (χ4v) is 1.66. The number of halogens is 3. The lowest BCUT2D eigenvalue weighted by atomic mass is 10.2. The maximum absolute atomic E-state index is 13.7. The molecule has 0 amide bonds. The Labute approximate surface area is 108 Å². The van der Waals surface area contributed by atoms with Crippen LogP contribution in [-0.4, -0.2) is 7.05 Å². The van der Waals surface area contributed by atoms with Crippen molar-refractivity contribution in [1.29, 1.82) is 0 Å². The summed E-state index contributed by atoms with van der Waals surface area (Å²) in [5, 5.41) is 2.89. The molecule has 19 heavy (non-hydrogen) atoms. The van der Waals surface area contributed by atoms with Crippen LogP contribution in [0.3, 0.4) is 0 Å². The van der Waals surface area contributed by atoms with E-state index < -0.39 is 17.5 Å². The van der Waals surface area contributed by atoms with Gasteiger partial charge in [-0.05, 0) is 24.7 Å². The Morgan fingerprint density at radius 3 is 2.26 bits per heavy atom. The van der Waals surface area contributed by atoms with Gasteiger partial charge in [-0.3, -0.25) is 0 Å². The van der Waals surface area contributed by atoms with Crippen LogP contribution in [0, 0.1) is 17.5 Å². The molecule has 0 aliphatic rings. The second-order valence-corrected chi connectivity index (χ2v) is 4.00. The highest BCUT2D eigenvalue weighted by atomic mass is 19.1. The topological polar surface area (TPSA) is 21.3 Å². The molecule has 2 aromatic rings. The van der Waals surface area contributed by atoms with Crippen LogP contribution in [-0.2, 0) is 6.54 Å². The van der Waals surface area contributed by atoms with Crippen LogP contribution in [0.25, 0.3) is 0 Å². The van der Waals surface area contributed by atoms with Crippen molar-refractivity contribution in [1.82, 2.24) is 5.32 Å². The quantitative estimate of drug-likeness (QED) is 0.913. The molecular weight excluding hydrogens is 255 g/mol. The molecule has 0 spiro atoms. The Kier molecular flexibility index (Phi) is 4.06. The molecule has 1 N–H and O–H groups in total. The third-order valence-electron chi connectivity index (χ3n) is 2.44. The van der Waals surface area contributed by atoms with Gasteiger partial charge in [0.1, 0.15) is 17.4 Å². The maximum Gasteiger partial charge on any atom is 0.166 e. The third kappa shape index (κ3) is 3.48. The highest BCUT2D eigenvalue weighted by Gasteiger charge is 2.08. The van der Waals surface area contributed by atoms with Crippen molar-refractivity contribution < 1.29 is 17.9 Å². The summed E-state index contributed by atoms with van der Waals surface area (Å²) in [5.41, 5.74) is 0.748. The van der Waals surface area contributed by atoms with Gasteiger partial charge in [-0.2, -0.15) is 0 Å². The fraction of sp³-hybridized carbons (Fsp3) is 0.143. The number of hydrogen-bond acceptors (Lipinski definition) is 2. The van der Waals surface area contributed by atoms with E-state index in [0.29, 0.717) is 6.54 Å². The molecule has 0 saturated heterocycles. The van der Waals surface area contributed by atoms with Gasteiger partial charge in [0.25, 0.3) is 0 Å². The predicted octanol–water partition coefficient (Wildman–Crippen LogP) is 3.62. The summed E-state index contributed by atoms with van der Waals surface area (Å²) in [7, 11) is 1.75. The van der Waals surface area contributed by atoms with Crippen molar-refractivity contribution in [2.45, 2.75) is 6.54 Å². The van der Waals surface area contributed by atoms with Crippen molar-refractivity contribution in [3.8, 4) is 11.5 Å². The van der Waals surface area contributed by atoms with Crippen molar-refractivity contribution in [3.05, 3.63) is 59.4 Å². The maximum atomic E-state index is 13.7. The predicted molar refractivity (Wildman–Crippen MR) is 65.6 cm³/mol. The molecule has 0 aliphatic carbocycles. The summed E-state index contributed by atoms with van der Waals surface area (Å²) in [6, 6.07) is 7.10. The number of hydrogen-bond donors (Lipinski definition) is 1. The average Bonchev–Trinajstić information content (AvgIpc) is 2.32. The van der Waals surface area contributed by atoms with Crippen molar-refractivity contribution >= 4 is 0 Å². The lowest BCUT2D eigenvalue weighted by Gasteiger charge is -2.08. The summed E-state index contributed by atoms with van der Waals surface area (Å²) >= 11 is 0. The standard InChI is InChI=1S/C14H12F3NO/c1-18-8-9-2-3-14(13(17)4-9)19-12-6-10(15)5-11(16)7-12/h2-7,18H,8H2,1H3. The molecule has 2 rings (SSSR count). The number of benzene rings is 2. The van der Waals surface area contributed by atoms with Gasteiger partial charge < -0.3 is 10.1 Å². The van der Waals surface area contributed by atoms with E-state index in [1.807, 2.05) is 0 Å². The summed E-state index contributed by atoms with van der Waals surface area (Å²) in [6.45, 7) is 0.520. The molecule has 0 bridgehead atoms. The van der Waals surface area contributed by atoms with Gasteiger partial charge in [0.2, 0.25) is 0 Å². The minimum absolute atomic E-state index is 0.0788. The average molecular weight is 267 g/mol. The molecule has 0 atom stereocenters. The Bertz CT molecular complexity index is 567. The van der Waals surface area contributed by atoms with Gasteiger partial charge in [0, 0.05) is 24.7 Å². The van der Waals surface area contributed by atoms with Crippen molar-refractivity contribution in [3.63, 3.8) is 0 Å². The lowest BCUT2D eigenvalue weighted by molar-refractivity contribution is 0.433. The van der Waals surface area contributed by atoms with E-state index in [1.165, 1.54) is 12.1 Å². The highest BCUT2D eigenvalue weighted by Crippen LogP contribution is 2.26. The van der Waals surface area contributed by atoms with E-state index in [2.05, 4.69) is 5.32 Å². The van der Waals surface area contributed by atoms with Gasteiger partial charge in [-0.15, -0.1) is 0 Å². The molecule has 100 valence electrons. The Hall–Kier alpha value is -2.01. The van der Waals surface area contributed by atoms with Gasteiger partial charge >= 0.3 is 0 Å². The zero-order chi connectivity index (χ0) is 13.8. The highest BCUT2D eigenvalue weighted by molar-refractivity contribution is 5.35. The third-order valence-corrected chi connectivity index (χ3v) is 2.44. The van der Waals surface area contributed by atoms with Crippen molar-refractivity contribution in [2.24, 2.45) is 0 Å². The fourth-order valence-electron chi connectivity index (χ4n) is 1.66. The molecule has 0 heterocycles. The molecule has 0 aromatic heterocycles. The van der Waals surface area contributed by atoms with Crippen molar-refractivity contribution in [2.75, 3.05) is 7.05 Å². The molecule has 0 unspecified atom stereocenters. The second-order valence-electron chi connectivity index (χ2n) is 4.00. The van der Waals surface area contributed by atoms with Crippen LogP contribution in [0.5, 0.6) is 11.5 Å². The molecular formula is C14H12F3NO. The molecule has 0 radical (unpaired) electrons.